The van der Waals surface area contributed by atoms with Crippen molar-refractivity contribution in [1.82, 2.24) is 20.6 Å². The molecule has 22 heavy (non-hydrogen) atoms. The van der Waals surface area contributed by atoms with Crippen molar-refractivity contribution >= 4 is 29.0 Å². The van der Waals surface area contributed by atoms with Crippen molar-refractivity contribution in [3.63, 3.8) is 0 Å². The average Bonchev–Trinajstić information content (AvgIpc) is 2.90. The van der Waals surface area contributed by atoms with E-state index >= 15 is 0 Å². The highest BCUT2D eigenvalue weighted by molar-refractivity contribution is 7.16. The summed E-state index contributed by atoms with van der Waals surface area (Å²) in [6, 6.07) is 5.59. The Labute approximate surface area is 139 Å². The number of unbranched alkanes of at least 4 members (excludes halogenated alkanes) is 1. The molecule has 2 heterocycles. The molecule has 2 amide bonds. The SMILES string of the molecule is Cc1nccc(CNC(=O)NCCCCc2ccc(Cl)s2)n1. The fourth-order valence-corrected chi connectivity index (χ4v) is 3.08. The van der Waals surface area contributed by atoms with Crippen molar-refractivity contribution in [3.05, 3.63) is 45.1 Å². The van der Waals surface area contributed by atoms with Crippen molar-refractivity contribution in [2.24, 2.45) is 0 Å². The number of aromatic nitrogens is 2. The zero-order valence-corrected chi connectivity index (χ0v) is 14.0. The molecule has 0 atom stereocenters. The molecule has 5 nitrogen and oxygen atoms in total. The molecule has 0 aromatic carbocycles. The third kappa shape index (κ3) is 5.99. The summed E-state index contributed by atoms with van der Waals surface area (Å²) in [5, 5.41) is 5.63. The van der Waals surface area contributed by atoms with Gasteiger partial charge < -0.3 is 10.6 Å². The van der Waals surface area contributed by atoms with Gasteiger partial charge in [-0.05, 0) is 44.4 Å². The number of urea groups is 1. The lowest BCUT2D eigenvalue weighted by Gasteiger charge is -2.07. The van der Waals surface area contributed by atoms with E-state index in [9.17, 15) is 4.79 Å². The molecular formula is C15H19ClN4OS. The number of carbonyl (C=O) groups excluding carboxylic acids is 1. The number of nitrogens with one attached hydrogen (secondary N) is 2. The van der Waals surface area contributed by atoms with Gasteiger partial charge in [0.15, 0.2) is 0 Å². The van der Waals surface area contributed by atoms with Crippen LogP contribution in [0.25, 0.3) is 0 Å². The van der Waals surface area contributed by atoms with E-state index in [1.54, 1.807) is 23.6 Å². The molecule has 0 saturated heterocycles. The van der Waals surface area contributed by atoms with E-state index < -0.39 is 0 Å². The van der Waals surface area contributed by atoms with Crippen LogP contribution in [0.2, 0.25) is 4.34 Å². The molecule has 2 aromatic rings. The van der Waals surface area contributed by atoms with Gasteiger partial charge in [-0.2, -0.15) is 0 Å². The number of rotatable bonds is 7. The maximum Gasteiger partial charge on any atom is 0.315 e. The summed E-state index contributed by atoms with van der Waals surface area (Å²) in [6.07, 6.45) is 4.66. The van der Waals surface area contributed by atoms with Gasteiger partial charge in [0.1, 0.15) is 5.82 Å². The van der Waals surface area contributed by atoms with Gasteiger partial charge in [-0.1, -0.05) is 11.6 Å². The molecule has 2 aromatic heterocycles. The van der Waals surface area contributed by atoms with Crippen LogP contribution >= 0.6 is 22.9 Å². The van der Waals surface area contributed by atoms with Gasteiger partial charge in [0.05, 0.1) is 16.6 Å². The van der Waals surface area contributed by atoms with Gasteiger partial charge in [-0.25, -0.2) is 14.8 Å². The lowest BCUT2D eigenvalue weighted by atomic mass is 10.2. The number of hydrogen-bond donors (Lipinski definition) is 2. The minimum atomic E-state index is -0.171. The predicted molar refractivity (Wildman–Crippen MR) is 89.3 cm³/mol. The summed E-state index contributed by atoms with van der Waals surface area (Å²) in [5.41, 5.74) is 0.803. The van der Waals surface area contributed by atoms with Crippen LogP contribution in [0.15, 0.2) is 24.4 Å². The molecule has 0 bridgehead atoms. The number of halogens is 1. The Hall–Kier alpha value is -1.66. The van der Waals surface area contributed by atoms with E-state index in [1.807, 2.05) is 13.0 Å². The Morgan fingerprint density at radius 3 is 2.86 bits per heavy atom. The fourth-order valence-electron chi connectivity index (χ4n) is 1.95. The van der Waals surface area contributed by atoms with Crippen LogP contribution in [-0.2, 0) is 13.0 Å². The molecule has 0 unspecified atom stereocenters. The van der Waals surface area contributed by atoms with Gasteiger partial charge in [0.2, 0.25) is 0 Å². The lowest BCUT2D eigenvalue weighted by molar-refractivity contribution is 0.240. The predicted octanol–water partition coefficient (Wildman–Crippen LogP) is 3.32. The first-order chi connectivity index (χ1) is 10.6. The highest BCUT2D eigenvalue weighted by Gasteiger charge is 2.02. The molecule has 118 valence electrons. The van der Waals surface area contributed by atoms with Gasteiger partial charge in [0.25, 0.3) is 0 Å². The monoisotopic (exact) mass is 338 g/mol. The second-order valence-corrected chi connectivity index (χ2v) is 6.67. The van der Waals surface area contributed by atoms with Crippen molar-refractivity contribution < 1.29 is 4.79 Å². The smallest absolute Gasteiger partial charge is 0.315 e. The van der Waals surface area contributed by atoms with E-state index in [4.69, 9.17) is 11.6 Å². The van der Waals surface area contributed by atoms with E-state index in [1.165, 1.54) is 4.88 Å². The Morgan fingerprint density at radius 2 is 2.14 bits per heavy atom. The van der Waals surface area contributed by atoms with Crippen molar-refractivity contribution in [2.75, 3.05) is 6.54 Å². The first-order valence-electron chi connectivity index (χ1n) is 7.18. The Morgan fingerprint density at radius 1 is 1.27 bits per heavy atom. The average molecular weight is 339 g/mol. The highest BCUT2D eigenvalue weighted by Crippen LogP contribution is 2.22. The first kappa shape index (κ1) is 16.7. The maximum absolute atomic E-state index is 11.7. The zero-order valence-electron chi connectivity index (χ0n) is 12.4. The largest absolute Gasteiger partial charge is 0.338 e. The standard InChI is InChI=1S/C15H19ClN4OS/c1-11-17-9-7-12(20-11)10-19-15(21)18-8-3-2-4-13-5-6-14(16)22-13/h5-7,9H,2-4,8,10H2,1H3,(H2,18,19,21). The van der Waals surface area contributed by atoms with Crippen LogP contribution in [0, 0.1) is 6.92 Å². The number of hydrogen-bond acceptors (Lipinski definition) is 4. The first-order valence-corrected chi connectivity index (χ1v) is 8.37. The van der Waals surface area contributed by atoms with Crippen molar-refractivity contribution in [1.29, 1.82) is 0 Å². The van der Waals surface area contributed by atoms with Gasteiger partial charge in [-0.3, -0.25) is 0 Å². The van der Waals surface area contributed by atoms with Gasteiger partial charge in [0, 0.05) is 17.6 Å². The third-order valence-electron chi connectivity index (χ3n) is 3.03. The summed E-state index contributed by atoms with van der Waals surface area (Å²) in [4.78, 5) is 21.2. The molecule has 0 aliphatic carbocycles. The number of amides is 2. The molecule has 7 heteroatoms. The Kier molecular flexibility index (Phi) is 6.61. The minimum absolute atomic E-state index is 0.171. The second-order valence-electron chi connectivity index (χ2n) is 4.87. The lowest BCUT2D eigenvalue weighted by Crippen LogP contribution is -2.35. The van der Waals surface area contributed by atoms with Crippen LogP contribution in [0.3, 0.4) is 0 Å². The summed E-state index contributed by atoms with van der Waals surface area (Å²) in [7, 11) is 0. The number of thiophene rings is 1. The summed E-state index contributed by atoms with van der Waals surface area (Å²) in [6.45, 7) is 2.89. The zero-order chi connectivity index (χ0) is 15.8. The van der Waals surface area contributed by atoms with E-state index in [0.717, 1.165) is 29.3 Å². The van der Waals surface area contributed by atoms with Crippen molar-refractivity contribution in [2.45, 2.75) is 32.7 Å². The Bertz CT molecular complexity index is 617. The fraction of sp³-hybridized carbons (Fsp3) is 0.400. The number of nitrogens with zero attached hydrogens (tertiary/aromatic N) is 2. The molecule has 2 rings (SSSR count). The molecular weight excluding hydrogens is 320 g/mol. The third-order valence-corrected chi connectivity index (χ3v) is 4.32. The topological polar surface area (TPSA) is 66.9 Å². The summed E-state index contributed by atoms with van der Waals surface area (Å²) >= 11 is 7.49. The molecule has 2 N–H and O–H groups in total. The van der Waals surface area contributed by atoms with Crippen LogP contribution in [0.4, 0.5) is 4.79 Å². The van der Waals surface area contributed by atoms with Gasteiger partial charge >= 0.3 is 6.03 Å². The number of carbonyl (C=O) groups is 1. The normalized spacial score (nSPS) is 10.5. The molecule has 0 spiro atoms. The molecule has 0 saturated carbocycles. The van der Waals surface area contributed by atoms with Crippen LogP contribution in [0.5, 0.6) is 0 Å². The summed E-state index contributed by atoms with van der Waals surface area (Å²) < 4.78 is 0.826. The van der Waals surface area contributed by atoms with E-state index in [2.05, 4.69) is 26.7 Å². The number of aryl methyl sites for hydroxylation is 2. The minimum Gasteiger partial charge on any atom is -0.338 e. The molecule has 0 fully saturated rings. The van der Waals surface area contributed by atoms with Crippen molar-refractivity contribution in [3.8, 4) is 0 Å². The molecule has 0 aliphatic heterocycles. The maximum atomic E-state index is 11.7. The van der Waals surface area contributed by atoms with E-state index in [0.29, 0.717) is 18.9 Å². The second kappa shape index (κ2) is 8.70. The Balaban J connectivity index is 1.56. The van der Waals surface area contributed by atoms with Crippen LogP contribution < -0.4 is 10.6 Å². The van der Waals surface area contributed by atoms with Crippen LogP contribution in [-0.4, -0.2) is 22.5 Å². The molecule has 0 aliphatic rings. The van der Waals surface area contributed by atoms with Gasteiger partial charge in [-0.15, -0.1) is 11.3 Å². The highest BCUT2D eigenvalue weighted by atomic mass is 35.5. The van der Waals surface area contributed by atoms with E-state index in [-0.39, 0.29) is 6.03 Å². The quantitative estimate of drug-likeness (QED) is 0.761. The molecule has 0 radical (unpaired) electrons. The van der Waals surface area contributed by atoms with Crippen LogP contribution in [0.1, 0.15) is 29.2 Å². The summed E-state index contributed by atoms with van der Waals surface area (Å²) in [5.74, 6) is 0.702.